The summed E-state index contributed by atoms with van der Waals surface area (Å²) in [7, 11) is 0. The van der Waals surface area contributed by atoms with Gasteiger partial charge in [-0.25, -0.2) is 4.98 Å². The van der Waals surface area contributed by atoms with Crippen molar-refractivity contribution in [1.29, 1.82) is 0 Å². The van der Waals surface area contributed by atoms with Gasteiger partial charge < -0.3 is 0 Å². The van der Waals surface area contributed by atoms with Crippen molar-refractivity contribution in [2.24, 2.45) is 0 Å². The number of nitrogens with zero attached hydrogens (tertiary/aromatic N) is 1. The van der Waals surface area contributed by atoms with Crippen LogP contribution in [-0.2, 0) is 0 Å². The fourth-order valence-electron chi connectivity index (χ4n) is 2.28. The van der Waals surface area contributed by atoms with Crippen LogP contribution in [0.4, 0.5) is 0 Å². The number of ketones is 1. The second-order valence-electron chi connectivity index (χ2n) is 4.79. The van der Waals surface area contributed by atoms with Crippen LogP contribution in [-0.4, -0.2) is 10.8 Å². The lowest BCUT2D eigenvalue weighted by atomic mass is 10.0. The largest absolute Gasteiger partial charge is 0.287 e. The number of para-hydroxylation sites is 1. The lowest BCUT2D eigenvalue weighted by molar-refractivity contribution is 0.103. The highest BCUT2D eigenvalue weighted by Crippen LogP contribution is 2.25. The average molecular weight is 316 g/mol. The van der Waals surface area contributed by atoms with Crippen molar-refractivity contribution < 1.29 is 4.79 Å². The summed E-state index contributed by atoms with van der Waals surface area (Å²) in [4.78, 5) is 17.0. The van der Waals surface area contributed by atoms with Crippen LogP contribution in [0.5, 0.6) is 0 Å². The van der Waals surface area contributed by atoms with Crippen molar-refractivity contribution in [3.05, 3.63) is 75.4 Å². The molecule has 0 aliphatic rings. The van der Waals surface area contributed by atoms with Gasteiger partial charge in [-0.05, 0) is 42.8 Å². The van der Waals surface area contributed by atoms with Crippen LogP contribution in [0.2, 0.25) is 10.0 Å². The molecule has 2 nitrogen and oxygen atoms in total. The first-order valence-corrected chi connectivity index (χ1v) is 7.18. The lowest BCUT2D eigenvalue weighted by Gasteiger charge is -2.07. The predicted molar refractivity (Wildman–Crippen MR) is 86.4 cm³/mol. The summed E-state index contributed by atoms with van der Waals surface area (Å²) >= 11 is 12.0. The van der Waals surface area contributed by atoms with Gasteiger partial charge in [-0.15, -0.1) is 0 Å². The van der Waals surface area contributed by atoms with Gasteiger partial charge in [0.2, 0.25) is 5.78 Å². The predicted octanol–water partition coefficient (Wildman–Crippen LogP) is 5.08. The first kappa shape index (κ1) is 14.1. The molecule has 0 aliphatic heterocycles. The number of benzene rings is 2. The Bertz CT molecular complexity index is 859. The van der Waals surface area contributed by atoms with Gasteiger partial charge >= 0.3 is 0 Å². The zero-order valence-corrected chi connectivity index (χ0v) is 12.7. The second-order valence-corrected chi connectivity index (χ2v) is 5.64. The average Bonchev–Trinajstić information content (AvgIpc) is 2.49. The van der Waals surface area contributed by atoms with Gasteiger partial charge in [0.25, 0.3) is 0 Å². The van der Waals surface area contributed by atoms with Crippen molar-refractivity contribution >= 4 is 39.9 Å². The standard InChI is InChI=1S/C17H11Cl2NO/c1-10-8-16(20-15-5-3-2-4-12(10)15)17(21)13-9-11(18)6-7-14(13)19/h2-9H,1H3. The zero-order valence-electron chi connectivity index (χ0n) is 11.2. The molecule has 1 aromatic heterocycles. The molecule has 104 valence electrons. The first-order valence-electron chi connectivity index (χ1n) is 6.42. The Balaban J connectivity index is 2.16. The molecule has 0 saturated heterocycles. The van der Waals surface area contributed by atoms with Crippen molar-refractivity contribution in [3.8, 4) is 0 Å². The van der Waals surface area contributed by atoms with Crippen molar-refractivity contribution in [2.75, 3.05) is 0 Å². The summed E-state index contributed by atoms with van der Waals surface area (Å²) in [5.74, 6) is -0.226. The summed E-state index contributed by atoms with van der Waals surface area (Å²) in [5.41, 5.74) is 2.53. The number of rotatable bonds is 2. The van der Waals surface area contributed by atoms with E-state index in [9.17, 15) is 4.79 Å². The van der Waals surface area contributed by atoms with Gasteiger partial charge in [-0.2, -0.15) is 0 Å². The minimum Gasteiger partial charge on any atom is -0.287 e. The van der Waals surface area contributed by atoms with Crippen LogP contribution in [0, 0.1) is 6.92 Å². The number of halogens is 2. The minimum atomic E-state index is -0.226. The Morgan fingerprint density at radius 2 is 1.81 bits per heavy atom. The molecule has 0 unspecified atom stereocenters. The van der Waals surface area contributed by atoms with Gasteiger partial charge in [-0.3, -0.25) is 4.79 Å². The number of aryl methyl sites for hydroxylation is 1. The summed E-state index contributed by atoms with van der Waals surface area (Å²) in [5, 5.41) is 1.88. The summed E-state index contributed by atoms with van der Waals surface area (Å²) < 4.78 is 0. The van der Waals surface area contributed by atoms with Crippen LogP contribution in [0.1, 0.15) is 21.6 Å². The van der Waals surface area contributed by atoms with E-state index < -0.39 is 0 Å². The molecule has 1 heterocycles. The van der Waals surface area contributed by atoms with E-state index in [1.54, 1.807) is 24.3 Å². The van der Waals surface area contributed by atoms with E-state index in [4.69, 9.17) is 23.2 Å². The summed E-state index contributed by atoms with van der Waals surface area (Å²) in [6.07, 6.45) is 0. The molecule has 0 radical (unpaired) electrons. The Kier molecular flexibility index (Phi) is 3.66. The van der Waals surface area contributed by atoms with E-state index in [2.05, 4.69) is 4.98 Å². The van der Waals surface area contributed by atoms with Crippen LogP contribution < -0.4 is 0 Å². The van der Waals surface area contributed by atoms with Gasteiger partial charge in [0.05, 0.1) is 10.5 Å². The molecule has 0 N–H and O–H groups in total. The van der Waals surface area contributed by atoms with Crippen molar-refractivity contribution in [2.45, 2.75) is 6.92 Å². The maximum atomic E-state index is 12.6. The molecule has 0 fully saturated rings. The number of hydrogen-bond acceptors (Lipinski definition) is 2. The number of carbonyl (C=O) groups excluding carboxylic acids is 1. The zero-order chi connectivity index (χ0) is 15.0. The third-order valence-corrected chi connectivity index (χ3v) is 3.89. The lowest BCUT2D eigenvalue weighted by Crippen LogP contribution is -2.06. The maximum Gasteiger partial charge on any atom is 0.212 e. The molecule has 0 spiro atoms. The molecule has 2 aromatic carbocycles. The van der Waals surface area contributed by atoms with E-state index in [0.717, 1.165) is 16.5 Å². The Morgan fingerprint density at radius 1 is 1.05 bits per heavy atom. The number of carbonyl (C=O) groups is 1. The topological polar surface area (TPSA) is 30.0 Å². The summed E-state index contributed by atoms with van der Waals surface area (Å²) in [6, 6.07) is 14.3. The third kappa shape index (κ3) is 2.65. The Labute approximate surface area is 132 Å². The maximum absolute atomic E-state index is 12.6. The van der Waals surface area contributed by atoms with Gasteiger partial charge in [0, 0.05) is 16.0 Å². The van der Waals surface area contributed by atoms with Crippen LogP contribution in [0.25, 0.3) is 10.9 Å². The van der Waals surface area contributed by atoms with Crippen molar-refractivity contribution in [3.63, 3.8) is 0 Å². The highest BCUT2D eigenvalue weighted by Gasteiger charge is 2.16. The highest BCUT2D eigenvalue weighted by molar-refractivity contribution is 6.36. The molecule has 0 aliphatic carbocycles. The number of aromatic nitrogens is 1. The molecular formula is C17H11Cl2NO. The molecule has 4 heteroatoms. The normalized spacial score (nSPS) is 10.8. The molecular weight excluding hydrogens is 305 g/mol. The van der Waals surface area contributed by atoms with Crippen LogP contribution >= 0.6 is 23.2 Å². The molecule has 0 bridgehead atoms. The fraction of sp³-hybridized carbons (Fsp3) is 0.0588. The monoisotopic (exact) mass is 315 g/mol. The van der Waals surface area contributed by atoms with Gasteiger partial charge in [-0.1, -0.05) is 41.4 Å². The van der Waals surface area contributed by atoms with E-state index in [-0.39, 0.29) is 5.78 Å². The molecule has 0 atom stereocenters. The van der Waals surface area contributed by atoms with Gasteiger partial charge in [0.15, 0.2) is 0 Å². The molecule has 0 amide bonds. The number of pyridine rings is 1. The Hall–Kier alpha value is -1.90. The van der Waals surface area contributed by atoms with Crippen LogP contribution in [0.3, 0.4) is 0 Å². The molecule has 3 rings (SSSR count). The molecule has 0 saturated carbocycles. The van der Waals surface area contributed by atoms with E-state index in [1.807, 2.05) is 31.2 Å². The van der Waals surface area contributed by atoms with Gasteiger partial charge in [0.1, 0.15) is 5.69 Å². The fourth-order valence-corrected chi connectivity index (χ4v) is 2.65. The first-order chi connectivity index (χ1) is 10.1. The SMILES string of the molecule is Cc1cc(C(=O)c2cc(Cl)ccc2Cl)nc2ccccc12. The van der Waals surface area contributed by atoms with E-state index >= 15 is 0 Å². The molecule has 21 heavy (non-hydrogen) atoms. The smallest absolute Gasteiger partial charge is 0.212 e. The number of fused-ring (bicyclic) bond motifs is 1. The second kappa shape index (κ2) is 5.47. The highest BCUT2D eigenvalue weighted by atomic mass is 35.5. The van der Waals surface area contributed by atoms with E-state index in [1.165, 1.54) is 0 Å². The quantitative estimate of drug-likeness (QED) is 0.617. The number of hydrogen-bond donors (Lipinski definition) is 0. The third-order valence-electron chi connectivity index (χ3n) is 3.33. The Morgan fingerprint density at radius 3 is 2.62 bits per heavy atom. The van der Waals surface area contributed by atoms with Crippen molar-refractivity contribution in [1.82, 2.24) is 4.98 Å². The summed E-state index contributed by atoms with van der Waals surface area (Å²) in [6.45, 7) is 1.96. The molecule has 3 aromatic rings. The van der Waals surface area contributed by atoms with Crippen LogP contribution in [0.15, 0.2) is 48.5 Å². The van der Waals surface area contributed by atoms with E-state index in [0.29, 0.717) is 21.3 Å². The minimum absolute atomic E-state index is 0.226.